The number of hydrogen-bond acceptors (Lipinski definition) is 6. The van der Waals surface area contributed by atoms with Crippen LogP contribution in [0.1, 0.15) is 43.2 Å². The molecule has 0 radical (unpaired) electrons. The minimum atomic E-state index is -0.441. The molecule has 2 aromatic carbocycles. The number of carbonyl (C=O) groups is 1. The number of non-ortho nitro benzene ring substituents is 1. The number of hydrazone groups is 1. The van der Waals surface area contributed by atoms with E-state index >= 15 is 0 Å². The molecule has 2 aromatic rings. The van der Waals surface area contributed by atoms with Gasteiger partial charge in [-0.3, -0.25) is 14.9 Å². The van der Waals surface area contributed by atoms with Crippen LogP contribution in [0.4, 0.5) is 5.69 Å². The summed E-state index contributed by atoms with van der Waals surface area (Å²) in [6.45, 7) is 0.230. The number of amides is 1. The lowest BCUT2D eigenvalue weighted by atomic mass is 9.89. The van der Waals surface area contributed by atoms with Gasteiger partial charge >= 0.3 is 0 Å². The Balaban J connectivity index is 1.61. The molecule has 0 unspecified atom stereocenters. The Labute approximate surface area is 175 Å². The molecule has 30 heavy (non-hydrogen) atoms. The number of benzene rings is 2. The number of nitrogens with one attached hydrogen (secondary N) is 1. The van der Waals surface area contributed by atoms with Crippen LogP contribution in [0.15, 0.2) is 47.6 Å². The van der Waals surface area contributed by atoms with E-state index in [4.69, 9.17) is 9.47 Å². The summed E-state index contributed by atoms with van der Waals surface area (Å²) in [7, 11) is 1.55. The molecule has 1 fully saturated rings. The first-order valence-corrected chi connectivity index (χ1v) is 9.94. The highest BCUT2D eigenvalue weighted by Crippen LogP contribution is 2.28. The van der Waals surface area contributed by atoms with Crippen molar-refractivity contribution in [2.24, 2.45) is 11.0 Å². The molecule has 8 heteroatoms. The minimum absolute atomic E-state index is 0.0322. The number of methoxy groups -OCH3 is 1. The van der Waals surface area contributed by atoms with Crippen molar-refractivity contribution in [1.82, 2.24) is 5.43 Å². The summed E-state index contributed by atoms with van der Waals surface area (Å²) < 4.78 is 11.2. The van der Waals surface area contributed by atoms with Gasteiger partial charge in [0.2, 0.25) is 5.91 Å². The molecular weight excluding hydrogens is 386 g/mol. The van der Waals surface area contributed by atoms with Gasteiger partial charge in [-0.25, -0.2) is 5.43 Å². The van der Waals surface area contributed by atoms with Crippen molar-refractivity contribution in [3.8, 4) is 11.5 Å². The van der Waals surface area contributed by atoms with Gasteiger partial charge in [0.1, 0.15) is 6.61 Å². The van der Waals surface area contributed by atoms with E-state index in [0.29, 0.717) is 11.5 Å². The topological polar surface area (TPSA) is 103 Å². The van der Waals surface area contributed by atoms with E-state index in [0.717, 1.165) is 36.8 Å². The molecule has 0 atom stereocenters. The van der Waals surface area contributed by atoms with Crippen molar-refractivity contribution in [1.29, 1.82) is 0 Å². The molecule has 1 aliphatic carbocycles. The first-order valence-electron chi connectivity index (χ1n) is 9.94. The second-order valence-corrected chi connectivity index (χ2v) is 7.19. The Kier molecular flexibility index (Phi) is 7.37. The second-order valence-electron chi connectivity index (χ2n) is 7.19. The van der Waals surface area contributed by atoms with Gasteiger partial charge in [0.25, 0.3) is 5.69 Å². The molecule has 1 N–H and O–H groups in total. The number of ether oxygens (including phenoxy) is 2. The van der Waals surface area contributed by atoms with Crippen LogP contribution in [0.3, 0.4) is 0 Å². The summed E-state index contributed by atoms with van der Waals surface area (Å²) in [5.74, 6) is 1.08. The van der Waals surface area contributed by atoms with E-state index in [-0.39, 0.29) is 24.1 Å². The Morgan fingerprint density at radius 3 is 2.57 bits per heavy atom. The maximum Gasteiger partial charge on any atom is 0.269 e. The van der Waals surface area contributed by atoms with E-state index in [1.54, 1.807) is 37.6 Å². The van der Waals surface area contributed by atoms with Crippen LogP contribution in [-0.4, -0.2) is 24.2 Å². The first-order chi connectivity index (χ1) is 14.6. The van der Waals surface area contributed by atoms with Gasteiger partial charge in [-0.1, -0.05) is 19.3 Å². The van der Waals surface area contributed by atoms with Crippen LogP contribution < -0.4 is 14.9 Å². The van der Waals surface area contributed by atoms with Crippen molar-refractivity contribution in [3.63, 3.8) is 0 Å². The fourth-order valence-electron chi connectivity index (χ4n) is 3.39. The summed E-state index contributed by atoms with van der Waals surface area (Å²) in [6, 6.07) is 11.5. The number of hydrogen-bond donors (Lipinski definition) is 1. The first kappa shape index (κ1) is 21.3. The van der Waals surface area contributed by atoms with Crippen molar-refractivity contribution >= 4 is 17.8 Å². The average molecular weight is 411 g/mol. The Morgan fingerprint density at radius 2 is 1.90 bits per heavy atom. The highest BCUT2D eigenvalue weighted by molar-refractivity contribution is 5.84. The van der Waals surface area contributed by atoms with Gasteiger partial charge in [-0.05, 0) is 54.3 Å². The Bertz CT molecular complexity index is 905. The van der Waals surface area contributed by atoms with E-state index in [1.165, 1.54) is 18.6 Å². The number of nitro groups is 1. The maximum atomic E-state index is 12.2. The maximum absolute atomic E-state index is 12.2. The van der Waals surface area contributed by atoms with Crippen LogP contribution in [0.5, 0.6) is 11.5 Å². The quantitative estimate of drug-likeness (QED) is 0.398. The zero-order valence-corrected chi connectivity index (χ0v) is 16.9. The van der Waals surface area contributed by atoms with Gasteiger partial charge < -0.3 is 9.47 Å². The monoisotopic (exact) mass is 411 g/mol. The average Bonchev–Trinajstić information content (AvgIpc) is 2.78. The van der Waals surface area contributed by atoms with Crippen molar-refractivity contribution < 1.29 is 19.2 Å². The van der Waals surface area contributed by atoms with Gasteiger partial charge in [-0.15, -0.1) is 0 Å². The second kappa shape index (κ2) is 10.4. The largest absolute Gasteiger partial charge is 0.493 e. The Hall–Kier alpha value is -3.42. The van der Waals surface area contributed by atoms with E-state index in [1.807, 2.05) is 6.07 Å². The predicted molar refractivity (Wildman–Crippen MR) is 113 cm³/mol. The fraction of sp³-hybridized carbons (Fsp3) is 0.364. The lowest BCUT2D eigenvalue weighted by molar-refractivity contribution is -0.384. The summed E-state index contributed by atoms with van der Waals surface area (Å²) in [5, 5.41) is 14.8. The van der Waals surface area contributed by atoms with Crippen molar-refractivity contribution in [2.45, 2.75) is 38.7 Å². The molecule has 0 saturated heterocycles. The number of nitrogens with zero attached hydrogens (tertiary/aromatic N) is 2. The number of nitro benzene ring substituents is 1. The minimum Gasteiger partial charge on any atom is -0.493 e. The third kappa shape index (κ3) is 5.79. The summed E-state index contributed by atoms with van der Waals surface area (Å²) in [4.78, 5) is 22.5. The van der Waals surface area contributed by atoms with E-state index in [9.17, 15) is 14.9 Å². The molecule has 0 bridgehead atoms. The van der Waals surface area contributed by atoms with Gasteiger partial charge in [-0.2, -0.15) is 5.10 Å². The summed E-state index contributed by atoms with van der Waals surface area (Å²) in [5.41, 5.74) is 4.20. The zero-order valence-electron chi connectivity index (χ0n) is 16.9. The highest BCUT2D eigenvalue weighted by Gasteiger charge is 2.20. The molecule has 8 nitrogen and oxygen atoms in total. The van der Waals surface area contributed by atoms with Gasteiger partial charge in [0, 0.05) is 18.1 Å². The van der Waals surface area contributed by atoms with E-state index in [2.05, 4.69) is 10.5 Å². The molecule has 0 aliphatic heterocycles. The standard InChI is InChI=1S/C22H25N3O5/c1-29-20-12-9-17(14-23-24-22(26)18-5-3-2-4-6-18)13-21(20)30-15-16-7-10-19(11-8-16)25(27)28/h7-14,18H,2-6,15H2,1H3,(H,24,26)/b23-14-. The van der Waals surface area contributed by atoms with Crippen molar-refractivity contribution in [3.05, 3.63) is 63.7 Å². The van der Waals surface area contributed by atoms with Crippen LogP contribution >= 0.6 is 0 Å². The van der Waals surface area contributed by atoms with Gasteiger partial charge in [0.15, 0.2) is 11.5 Å². The van der Waals surface area contributed by atoms with Crippen LogP contribution in [0, 0.1) is 16.0 Å². The summed E-state index contributed by atoms with van der Waals surface area (Å²) >= 11 is 0. The molecule has 3 rings (SSSR count). The highest BCUT2D eigenvalue weighted by atomic mass is 16.6. The normalized spacial score (nSPS) is 14.4. The Morgan fingerprint density at radius 1 is 1.17 bits per heavy atom. The lowest BCUT2D eigenvalue weighted by Gasteiger charge is -2.19. The third-order valence-electron chi connectivity index (χ3n) is 5.09. The lowest BCUT2D eigenvalue weighted by Crippen LogP contribution is -2.28. The predicted octanol–water partition coefficient (Wildman–Crippen LogP) is 4.21. The molecule has 0 spiro atoms. The van der Waals surface area contributed by atoms with Gasteiger partial charge in [0.05, 0.1) is 18.2 Å². The molecule has 1 amide bonds. The van der Waals surface area contributed by atoms with E-state index < -0.39 is 4.92 Å². The molecule has 1 saturated carbocycles. The van der Waals surface area contributed by atoms with Crippen LogP contribution in [0.25, 0.3) is 0 Å². The molecule has 158 valence electrons. The van der Waals surface area contributed by atoms with Crippen LogP contribution in [-0.2, 0) is 11.4 Å². The molecule has 0 heterocycles. The van der Waals surface area contributed by atoms with Crippen molar-refractivity contribution in [2.75, 3.05) is 7.11 Å². The molecule has 1 aliphatic rings. The molecular formula is C22H25N3O5. The SMILES string of the molecule is COc1ccc(/C=N\NC(=O)C2CCCCC2)cc1OCc1ccc([N+](=O)[O-])cc1. The smallest absolute Gasteiger partial charge is 0.269 e. The zero-order chi connectivity index (χ0) is 21.3. The summed E-state index contributed by atoms with van der Waals surface area (Å²) in [6.07, 6.45) is 6.79. The number of rotatable bonds is 8. The third-order valence-corrected chi connectivity index (χ3v) is 5.09. The number of carbonyl (C=O) groups excluding carboxylic acids is 1. The van der Waals surface area contributed by atoms with Crippen LogP contribution in [0.2, 0.25) is 0 Å². The fourth-order valence-corrected chi connectivity index (χ4v) is 3.39. The molecule has 0 aromatic heterocycles.